The quantitative estimate of drug-likeness (QED) is 0.307. The lowest BCUT2D eigenvalue weighted by Crippen LogP contribution is -2.61. The Morgan fingerprint density at radius 3 is 2.70 bits per heavy atom. The minimum atomic E-state index is -1.41. The van der Waals surface area contributed by atoms with Gasteiger partial charge in [-0.05, 0) is 112 Å². The largest absolute Gasteiger partial charge is 0.393 e. The molecule has 1 aromatic rings. The Hall–Kier alpha value is -2.31. The molecule has 4 fully saturated rings. The van der Waals surface area contributed by atoms with Gasteiger partial charge in [0.15, 0.2) is 5.78 Å². The Kier molecular flexibility index (Phi) is 8.25. The summed E-state index contributed by atoms with van der Waals surface area (Å²) in [5.41, 5.74) is 3.82. The maximum absolute atomic E-state index is 13.7. The first-order chi connectivity index (χ1) is 20.5. The minimum absolute atomic E-state index is 0.111. The number of carbonyl (C=O) groups excluding carboxylic acids is 1. The van der Waals surface area contributed by atoms with Crippen LogP contribution in [0.5, 0.6) is 0 Å². The van der Waals surface area contributed by atoms with E-state index in [0.29, 0.717) is 36.9 Å². The zero-order valence-corrected chi connectivity index (χ0v) is 26.9. The third-order valence-corrected chi connectivity index (χ3v) is 12.8. The first-order valence-corrected chi connectivity index (χ1v) is 17.1. The molecule has 0 saturated heterocycles. The second-order valence-electron chi connectivity index (χ2n) is 15.1. The van der Waals surface area contributed by atoms with Crippen LogP contribution in [-0.4, -0.2) is 43.7 Å². The molecule has 0 aromatic carbocycles. The zero-order chi connectivity index (χ0) is 30.6. The van der Waals surface area contributed by atoms with Gasteiger partial charge in [0, 0.05) is 23.7 Å². The molecule has 0 bridgehead atoms. The standard InChI is InChI=1S/C37H53N3O3/c1-6-24(2)17-19-38-25(3)12-15-33(42)37(43)18-16-30-29-14-13-27-20-31-26(23-39-40(31)28-10-8-7-9-11-28)21-35(27,4)34(29)32(41)22-36(30,37)5/h17,19-20,23,28-30,32,34,41,43H,3,6-16,18,21-22H2,1-2,4-5H3/b24-17-,38-19?/t29?,30?,32-,34?,35?,36?,37-/m0/s1. The second-order valence-corrected chi connectivity index (χ2v) is 15.1. The summed E-state index contributed by atoms with van der Waals surface area (Å²) in [6.45, 7) is 12.7. The summed E-state index contributed by atoms with van der Waals surface area (Å²) in [5, 5.41) is 29.0. The van der Waals surface area contributed by atoms with Crippen LogP contribution in [0.1, 0.15) is 128 Å². The first kappa shape index (κ1) is 30.7. The normalized spacial score (nSPS) is 37.8. The lowest BCUT2D eigenvalue weighted by atomic mass is 9.45. The van der Waals surface area contributed by atoms with Crippen LogP contribution >= 0.6 is 0 Å². The van der Waals surface area contributed by atoms with Gasteiger partial charge in [-0.25, -0.2) is 0 Å². The summed E-state index contributed by atoms with van der Waals surface area (Å²) in [6.07, 6.45) is 20.4. The number of ketones is 1. The number of aliphatic hydroxyl groups excluding tert-OH is 1. The fraction of sp³-hybridized carbons (Fsp3) is 0.703. The third kappa shape index (κ3) is 5.05. The van der Waals surface area contributed by atoms with Gasteiger partial charge >= 0.3 is 0 Å². The molecule has 0 amide bonds. The van der Waals surface area contributed by atoms with Crippen LogP contribution in [0.4, 0.5) is 0 Å². The van der Waals surface area contributed by atoms with Crippen LogP contribution in [0.3, 0.4) is 0 Å². The predicted molar refractivity (Wildman–Crippen MR) is 173 cm³/mol. The molecule has 5 aliphatic rings. The average Bonchev–Trinajstić information content (AvgIpc) is 3.51. The van der Waals surface area contributed by atoms with Gasteiger partial charge in [-0.2, -0.15) is 5.10 Å². The van der Waals surface area contributed by atoms with E-state index in [0.717, 1.165) is 32.1 Å². The van der Waals surface area contributed by atoms with Crippen molar-refractivity contribution in [3.05, 3.63) is 47.0 Å². The SMILES string of the molecule is C=C(CCC(=O)[C@@]1(O)CCC2C3CCC4=Cc5c(cnn5C5CCCCC5)CC4(C)C3[C@@H](O)CC21C)N=C/C=C(/C)CC. The highest BCUT2D eigenvalue weighted by atomic mass is 16.3. The summed E-state index contributed by atoms with van der Waals surface area (Å²) in [5.74, 6) is 0.534. The van der Waals surface area contributed by atoms with Crippen molar-refractivity contribution in [1.82, 2.24) is 9.78 Å². The van der Waals surface area contributed by atoms with Crippen molar-refractivity contribution in [2.45, 2.75) is 135 Å². The fourth-order valence-corrected chi connectivity index (χ4v) is 10.2. The number of carbonyl (C=O) groups is 1. The molecule has 1 aromatic heterocycles. The highest BCUT2D eigenvalue weighted by Gasteiger charge is 2.68. The number of rotatable bonds is 8. The van der Waals surface area contributed by atoms with E-state index in [1.54, 1.807) is 6.21 Å². The highest BCUT2D eigenvalue weighted by molar-refractivity contribution is 5.89. The molecule has 234 valence electrons. The van der Waals surface area contributed by atoms with Gasteiger partial charge in [0.2, 0.25) is 0 Å². The summed E-state index contributed by atoms with van der Waals surface area (Å²) in [7, 11) is 0. The van der Waals surface area contributed by atoms with Crippen molar-refractivity contribution >= 4 is 18.1 Å². The molecule has 0 radical (unpaired) electrons. The number of hydrogen-bond donors (Lipinski definition) is 2. The number of hydrogen-bond acceptors (Lipinski definition) is 5. The van der Waals surface area contributed by atoms with Gasteiger partial charge in [0.1, 0.15) is 5.60 Å². The molecular formula is C37H53N3O3. The van der Waals surface area contributed by atoms with Crippen LogP contribution in [0.25, 0.3) is 6.08 Å². The van der Waals surface area contributed by atoms with Crippen LogP contribution < -0.4 is 0 Å². The lowest BCUT2D eigenvalue weighted by Gasteiger charge is -2.60. The fourth-order valence-electron chi connectivity index (χ4n) is 10.2. The van der Waals surface area contributed by atoms with Crippen molar-refractivity contribution in [2.24, 2.45) is 33.6 Å². The Balaban J connectivity index is 1.19. The number of aromatic nitrogens is 2. The molecule has 4 saturated carbocycles. The predicted octanol–water partition coefficient (Wildman–Crippen LogP) is 7.56. The Labute approximate surface area is 258 Å². The van der Waals surface area contributed by atoms with Gasteiger partial charge in [0.25, 0.3) is 0 Å². The molecule has 5 aliphatic carbocycles. The smallest absolute Gasteiger partial charge is 0.165 e. The van der Waals surface area contributed by atoms with E-state index < -0.39 is 17.1 Å². The third-order valence-electron chi connectivity index (χ3n) is 12.8. The van der Waals surface area contributed by atoms with E-state index in [1.807, 2.05) is 6.08 Å². The lowest BCUT2D eigenvalue weighted by molar-refractivity contribution is -0.179. The van der Waals surface area contributed by atoms with Gasteiger partial charge in [0.05, 0.1) is 24.0 Å². The summed E-state index contributed by atoms with van der Waals surface area (Å²) in [4.78, 5) is 18.1. The van der Waals surface area contributed by atoms with E-state index in [2.05, 4.69) is 56.2 Å². The van der Waals surface area contributed by atoms with E-state index in [9.17, 15) is 15.0 Å². The minimum Gasteiger partial charge on any atom is -0.393 e. The topological polar surface area (TPSA) is 87.7 Å². The number of nitrogens with zero attached hydrogens (tertiary/aromatic N) is 3. The summed E-state index contributed by atoms with van der Waals surface area (Å²) >= 11 is 0. The maximum atomic E-state index is 13.7. The van der Waals surface area contributed by atoms with Crippen molar-refractivity contribution in [3.8, 4) is 0 Å². The van der Waals surface area contributed by atoms with Crippen LogP contribution in [-0.2, 0) is 11.2 Å². The number of aliphatic imine (C=N–C) groups is 1. The van der Waals surface area contributed by atoms with Gasteiger partial charge < -0.3 is 10.2 Å². The Bertz CT molecular complexity index is 1350. The molecule has 0 aliphatic heterocycles. The van der Waals surface area contributed by atoms with E-state index in [1.165, 1.54) is 54.5 Å². The van der Waals surface area contributed by atoms with Crippen LogP contribution in [0.15, 0.2) is 40.7 Å². The average molecular weight is 588 g/mol. The molecule has 43 heavy (non-hydrogen) atoms. The van der Waals surface area contributed by atoms with Gasteiger partial charge in [-0.15, -0.1) is 0 Å². The molecule has 7 atom stereocenters. The summed E-state index contributed by atoms with van der Waals surface area (Å²) < 4.78 is 2.31. The highest BCUT2D eigenvalue weighted by Crippen LogP contribution is 2.67. The number of aliphatic hydroxyl groups is 2. The van der Waals surface area contributed by atoms with Gasteiger partial charge in [-0.3, -0.25) is 14.5 Å². The van der Waals surface area contributed by atoms with Crippen molar-refractivity contribution in [1.29, 1.82) is 0 Å². The number of fused-ring (bicyclic) bond motifs is 6. The molecule has 0 spiro atoms. The number of allylic oxidation sites excluding steroid dienone is 4. The maximum Gasteiger partial charge on any atom is 0.165 e. The monoisotopic (exact) mass is 587 g/mol. The van der Waals surface area contributed by atoms with Crippen LogP contribution in [0.2, 0.25) is 0 Å². The summed E-state index contributed by atoms with van der Waals surface area (Å²) in [6, 6.07) is 0.510. The van der Waals surface area contributed by atoms with Crippen LogP contribution in [0, 0.1) is 28.6 Å². The Morgan fingerprint density at radius 2 is 1.95 bits per heavy atom. The second kappa shape index (κ2) is 11.6. The molecule has 6 heteroatoms. The zero-order valence-electron chi connectivity index (χ0n) is 26.9. The number of Topliss-reactive ketones (excluding diaryl/α,β-unsaturated/α-hetero) is 1. The molecule has 6 rings (SSSR count). The van der Waals surface area contributed by atoms with Crippen molar-refractivity contribution in [3.63, 3.8) is 0 Å². The molecule has 1 heterocycles. The van der Waals surface area contributed by atoms with E-state index >= 15 is 0 Å². The molecule has 5 unspecified atom stereocenters. The molecular weight excluding hydrogens is 534 g/mol. The van der Waals surface area contributed by atoms with E-state index in [4.69, 9.17) is 5.10 Å². The molecule has 6 nitrogen and oxygen atoms in total. The van der Waals surface area contributed by atoms with Gasteiger partial charge in [-0.1, -0.05) is 57.8 Å². The van der Waals surface area contributed by atoms with Crippen molar-refractivity contribution < 1.29 is 15.0 Å². The van der Waals surface area contributed by atoms with E-state index in [-0.39, 0.29) is 29.5 Å². The first-order valence-electron chi connectivity index (χ1n) is 17.1. The Morgan fingerprint density at radius 1 is 1.19 bits per heavy atom. The van der Waals surface area contributed by atoms with Crippen molar-refractivity contribution in [2.75, 3.05) is 0 Å². The molecule has 2 N–H and O–H groups in total.